The zero-order chi connectivity index (χ0) is 9.97. The maximum Gasteiger partial charge on any atom is 0.308 e. The second-order valence-electron chi connectivity index (χ2n) is 3.45. The van der Waals surface area contributed by atoms with Gasteiger partial charge in [0.05, 0.1) is 0 Å². The summed E-state index contributed by atoms with van der Waals surface area (Å²) >= 11 is 0. The first-order chi connectivity index (χ1) is 6.75. The lowest BCUT2D eigenvalue weighted by atomic mass is 10.0. The molecule has 3 nitrogen and oxygen atoms in total. The lowest BCUT2D eigenvalue weighted by Gasteiger charge is -2.17. The van der Waals surface area contributed by atoms with Gasteiger partial charge in [-0.15, -0.1) is 0 Å². The van der Waals surface area contributed by atoms with Crippen molar-refractivity contribution >= 4 is 5.97 Å². The van der Waals surface area contributed by atoms with Crippen LogP contribution in [0.2, 0.25) is 0 Å². The molecule has 1 aromatic carbocycles. The normalized spacial score (nSPS) is 14.6. The number of fused-ring (bicyclic) bond motifs is 1. The Morgan fingerprint density at radius 3 is 3.07 bits per heavy atom. The van der Waals surface area contributed by atoms with Gasteiger partial charge in [-0.3, -0.25) is 4.79 Å². The van der Waals surface area contributed by atoms with E-state index in [2.05, 4.69) is 5.32 Å². The Kier molecular flexibility index (Phi) is 2.50. The number of benzene rings is 1. The molecule has 0 unspecified atom stereocenters. The molecule has 1 N–H and O–H groups in total. The second-order valence-corrected chi connectivity index (χ2v) is 3.45. The molecule has 0 atom stereocenters. The SMILES string of the molecule is CC(=O)Oc1ccc2c(c1)CCNC2. The smallest absolute Gasteiger partial charge is 0.308 e. The van der Waals surface area contributed by atoms with Crippen molar-refractivity contribution in [2.75, 3.05) is 6.54 Å². The van der Waals surface area contributed by atoms with Gasteiger partial charge in [0.2, 0.25) is 0 Å². The zero-order valence-corrected chi connectivity index (χ0v) is 8.17. The van der Waals surface area contributed by atoms with E-state index in [4.69, 9.17) is 4.74 Å². The number of ether oxygens (including phenoxy) is 1. The van der Waals surface area contributed by atoms with E-state index in [1.54, 1.807) is 0 Å². The number of esters is 1. The number of carbonyl (C=O) groups is 1. The monoisotopic (exact) mass is 191 g/mol. The fraction of sp³-hybridized carbons (Fsp3) is 0.364. The highest BCUT2D eigenvalue weighted by Gasteiger charge is 2.09. The minimum Gasteiger partial charge on any atom is -0.427 e. The average molecular weight is 191 g/mol. The Morgan fingerprint density at radius 1 is 1.43 bits per heavy atom. The van der Waals surface area contributed by atoms with E-state index < -0.39 is 0 Å². The molecule has 0 fully saturated rings. The number of hydrogen-bond donors (Lipinski definition) is 1. The summed E-state index contributed by atoms with van der Waals surface area (Å²) in [4.78, 5) is 10.7. The van der Waals surface area contributed by atoms with Crippen LogP contribution in [0.4, 0.5) is 0 Å². The second kappa shape index (κ2) is 3.80. The van der Waals surface area contributed by atoms with Crippen molar-refractivity contribution < 1.29 is 9.53 Å². The van der Waals surface area contributed by atoms with E-state index in [1.807, 2.05) is 18.2 Å². The van der Waals surface area contributed by atoms with Crippen LogP contribution < -0.4 is 10.1 Å². The van der Waals surface area contributed by atoms with E-state index >= 15 is 0 Å². The van der Waals surface area contributed by atoms with E-state index in [1.165, 1.54) is 18.1 Å². The summed E-state index contributed by atoms with van der Waals surface area (Å²) in [6.07, 6.45) is 1.00. The van der Waals surface area contributed by atoms with Crippen molar-refractivity contribution in [1.82, 2.24) is 5.32 Å². The van der Waals surface area contributed by atoms with E-state index in [9.17, 15) is 4.79 Å². The van der Waals surface area contributed by atoms with Crippen LogP contribution >= 0.6 is 0 Å². The van der Waals surface area contributed by atoms with Crippen LogP contribution in [0.25, 0.3) is 0 Å². The molecular weight excluding hydrogens is 178 g/mol. The molecule has 2 rings (SSSR count). The van der Waals surface area contributed by atoms with Crippen LogP contribution in [0.3, 0.4) is 0 Å². The number of rotatable bonds is 1. The third-order valence-corrected chi connectivity index (χ3v) is 2.33. The van der Waals surface area contributed by atoms with E-state index in [0.29, 0.717) is 5.75 Å². The van der Waals surface area contributed by atoms with Crippen LogP contribution in [0.15, 0.2) is 18.2 Å². The molecule has 0 bridgehead atoms. The zero-order valence-electron chi connectivity index (χ0n) is 8.17. The first-order valence-corrected chi connectivity index (χ1v) is 4.76. The maximum absolute atomic E-state index is 10.7. The van der Waals surface area contributed by atoms with Gasteiger partial charge in [0.15, 0.2) is 0 Å². The maximum atomic E-state index is 10.7. The van der Waals surface area contributed by atoms with Crippen LogP contribution in [0.1, 0.15) is 18.1 Å². The van der Waals surface area contributed by atoms with Gasteiger partial charge < -0.3 is 10.1 Å². The molecule has 0 aliphatic carbocycles. The van der Waals surface area contributed by atoms with Crippen LogP contribution in [0.5, 0.6) is 5.75 Å². The largest absolute Gasteiger partial charge is 0.427 e. The topological polar surface area (TPSA) is 38.3 Å². The van der Waals surface area contributed by atoms with Gasteiger partial charge in [-0.2, -0.15) is 0 Å². The van der Waals surface area contributed by atoms with Gasteiger partial charge in [0, 0.05) is 13.5 Å². The van der Waals surface area contributed by atoms with Gasteiger partial charge in [0.1, 0.15) is 5.75 Å². The Hall–Kier alpha value is -1.35. The number of hydrogen-bond acceptors (Lipinski definition) is 3. The molecule has 1 aliphatic heterocycles. The summed E-state index contributed by atoms with van der Waals surface area (Å²) in [6, 6.07) is 5.81. The van der Waals surface area contributed by atoms with Gasteiger partial charge in [0.25, 0.3) is 0 Å². The summed E-state index contributed by atoms with van der Waals surface area (Å²) in [5.74, 6) is 0.386. The molecule has 3 heteroatoms. The highest BCUT2D eigenvalue weighted by Crippen LogP contribution is 2.20. The van der Waals surface area contributed by atoms with Crippen LogP contribution in [-0.4, -0.2) is 12.5 Å². The Balaban J connectivity index is 2.24. The van der Waals surface area contributed by atoms with Crippen molar-refractivity contribution in [2.24, 2.45) is 0 Å². The lowest BCUT2D eigenvalue weighted by Crippen LogP contribution is -2.23. The fourth-order valence-electron chi connectivity index (χ4n) is 1.68. The summed E-state index contributed by atoms with van der Waals surface area (Å²) in [6.45, 7) is 3.33. The van der Waals surface area contributed by atoms with Crippen LogP contribution in [0, 0.1) is 0 Å². The Bertz CT molecular complexity index is 360. The van der Waals surface area contributed by atoms with Gasteiger partial charge >= 0.3 is 5.97 Å². The molecule has 0 saturated heterocycles. The number of nitrogens with one attached hydrogen (secondary N) is 1. The predicted octanol–water partition coefficient (Wildman–Crippen LogP) is 1.26. The highest BCUT2D eigenvalue weighted by molar-refractivity contribution is 5.69. The molecule has 74 valence electrons. The minimum atomic E-state index is -0.265. The highest BCUT2D eigenvalue weighted by atomic mass is 16.5. The summed E-state index contributed by atoms with van der Waals surface area (Å²) in [5.41, 5.74) is 2.58. The summed E-state index contributed by atoms with van der Waals surface area (Å²) < 4.78 is 5.02. The van der Waals surface area contributed by atoms with Crippen molar-refractivity contribution in [3.05, 3.63) is 29.3 Å². The van der Waals surface area contributed by atoms with Gasteiger partial charge in [-0.25, -0.2) is 0 Å². The quantitative estimate of drug-likeness (QED) is 0.536. The standard InChI is InChI=1S/C11H13NO2/c1-8(13)14-11-3-2-10-7-12-5-4-9(10)6-11/h2-3,6,12H,4-5,7H2,1H3. The third-order valence-electron chi connectivity index (χ3n) is 2.33. The molecular formula is C11H13NO2. The fourth-order valence-corrected chi connectivity index (χ4v) is 1.68. The molecule has 0 spiro atoms. The van der Waals surface area contributed by atoms with Crippen LogP contribution in [-0.2, 0) is 17.8 Å². The molecule has 0 radical (unpaired) electrons. The first kappa shape index (κ1) is 9.21. The molecule has 0 saturated carbocycles. The molecule has 1 aliphatic rings. The Labute approximate surface area is 83.1 Å². The van der Waals surface area contributed by atoms with Crippen molar-refractivity contribution in [3.63, 3.8) is 0 Å². The van der Waals surface area contributed by atoms with Crippen molar-refractivity contribution in [2.45, 2.75) is 19.9 Å². The lowest BCUT2D eigenvalue weighted by molar-refractivity contribution is -0.131. The van der Waals surface area contributed by atoms with Crippen molar-refractivity contribution in [1.29, 1.82) is 0 Å². The summed E-state index contributed by atoms with van der Waals surface area (Å²) in [7, 11) is 0. The first-order valence-electron chi connectivity index (χ1n) is 4.76. The number of carbonyl (C=O) groups excluding carboxylic acids is 1. The molecule has 0 aromatic heterocycles. The van der Waals surface area contributed by atoms with E-state index in [0.717, 1.165) is 19.5 Å². The molecule has 14 heavy (non-hydrogen) atoms. The Morgan fingerprint density at radius 2 is 2.29 bits per heavy atom. The predicted molar refractivity (Wildman–Crippen MR) is 53.2 cm³/mol. The third kappa shape index (κ3) is 1.93. The average Bonchev–Trinajstić information content (AvgIpc) is 2.17. The van der Waals surface area contributed by atoms with Gasteiger partial charge in [-0.05, 0) is 36.2 Å². The molecule has 1 aromatic rings. The van der Waals surface area contributed by atoms with Gasteiger partial charge in [-0.1, -0.05) is 6.07 Å². The summed E-state index contributed by atoms with van der Waals surface area (Å²) in [5, 5.41) is 3.29. The molecule has 0 amide bonds. The molecule has 1 heterocycles. The van der Waals surface area contributed by atoms with Crippen molar-refractivity contribution in [3.8, 4) is 5.75 Å². The van der Waals surface area contributed by atoms with E-state index in [-0.39, 0.29) is 5.97 Å². The minimum absolute atomic E-state index is 0.265.